The van der Waals surface area contributed by atoms with Crippen LogP contribution in [0.5, 0.6) is 0 Å². The minimum absolute atomic E-state index is 0.0341. The van der Waals surface area contributed by atoms with E-state index >= 15 is 0 Å². The molecule has 1 atom stereocenters. The van der Waals surface area contributed by atoms with E-state index < -0.39 is 38.0 Å². The molecule has 0 saturated heterocycles. The maximum Gasteiger partial charge on any atom is 0.338 e. The molecule has 2 rings (SSSR count). The van der Waals surface area contributed by atoms with Crippen molar-refractivity contribution in [2.24, 2.45) is 0 Å². The topological polar surface area (TPSA) is 148 Å². The fourth-order valence-corrected chi connectivity index (χ4v) is 4.56. The van der Waals surface area contributed by atoms with Crippen molar-refractivity contribution >= 4 is 37.6 Å². The first kappa shape index (κ1) is 25.5. The van der Waals surface area contributed by atoms with Crippen molar-refractivity contribution in [3.63, 3.8) is 0 Å². The Labute approximate surface area is 187 Å². The summed E-state index contributed by atoms with van der Waals surface area (Å²) < 4.78 is 57.8. The molecule has 0 saturated carbocycles. The quantitative estimate of drug-likeness (QED) is 0.457. The molecule has 3 N–H and O–H groups in total. The molecule has 2 aromatic rings. The van der Waals surface area contributed by atoms with Crippen LogP contribution in [0, 0.1) is 0 Å². The second-order valence-corrected chi connectivity index (χ2v) is 10.7. The second-order valence-electron chi connectivity index (χ2n) is 7.07. The van der Waals surface area contributed by atoms with Gasteiger partial charge in [-0.2, -0.15) is 0 Å². The standard InChI is InChI=1S/C20H25N3O7S2/c1-13(2)23-32(28,29)17-10-8-16(9-11-17)22-19(24)14(3)30-20(25)15-6-5-7-18(12-15)31(26,27)21-4/h5-14,21,23H,1-4H3,(H,22,24). The van der Waals surface area contributed by atoms with Gasteiger partial charge in [-0.05, 0) is 70.3 Å². The van der Waals surface area contributed by atoms with Crippen molar-refractivity contribution in [3.8, 4) is 0 Å². The largest absolute Gasteiger partial charge is 0.449 e. The third-order valence-electron chi connectivity index (χ3n) is 4.12. The van der Waals surface area contributed by atoms with E-state index in [1.807, 2.05) is 0 Å². The summed E-state index contributed by atoms with van der Waals surface area (Å²) in [5.41, 5.74) is 0.275. The molecule has 0 bridgehead atoms. The van der Waals surface area contributed by atoms with Gasteiger partial charge in [0, 0.05) is 11.7 Å². The normalized spacial score (nSPS) is 12.9. The lowest BCUT2D eigenvalue weighted by Crippen LogP contribution is -2.31. The molecule has 2 aromatic carbocycles. The lowest BCUT2D eigenvalue weighted by molar-refractivity contribution is -0.123. The Morgan fingerprint density at radius 1 is 0.875 bits per heavy atom. The van der Waals surface area contributed by atoms with Crippen LogP contribution in [-0.4, -0.2) is 47.9 Å². The van der Waals surface area contributed by atoms with Crippen molar-refractivity contribution in [3.05, 3.63) is 54.1 Å². The summed E-state index contributed by atoms with van der Waals surface area (Å²) in [4.78, 5) is 24.6. The van der Waals surface area contributed by atoms with Gasteiger partial charge in [0.25, 0.3) is 5.91 Å². The Hall–Kier alpha value is -2.80. The van der Waals surface area contributed by atoms with Gasteiger partial charge >= 0.3 is 5.97 Å². The van der Waals surface area contributed by atoms with E-state index in [2.05, 4.69) is 14.8 Å². The molecule has 1 unspecified atom stereocenters. The number of carbonyl (C=O) groups excluding carboxylic acids is 2. The Morgan fingerprint density at radius 2 is 1.50 bits per heavy atom. The van der Waals surface area contributed by atoms with E-state index in [4.69, 9.17) is 4.74 Å². The van der Waals surface area contributed by atoms with Gasteiger partial charge in [-0.1, -0.05) is 6.07 Å². The second kappa shape index (κ2) is 10.2. The van der Waals surface area contributed by atoms with Crippen LogP contribution in [0.2, 0.25) is 0 Å². The van der Waals surface area contributed by atoms with E-state index in [0.717, 1.165) is 6.07 Å². The number of benzene rings is 2. The van der Waals surface area contributed by atoms with Gasteiger partial charge in [0.05, 0.1) is 15.4 Å². The lowest BCUT2D eigenvalue weighted by Gasteiger charge is -2.14. The number of esters is 1. The first-order valence-electron chi connectivity index (χ1n) is 9.53. The smallest absolute Gasteiger partial charge is 0.338 e. The van der Waals surface area contributed by atoms with Gasteiger partial charge in [0.15, 0.2) is 6.10 Å². The summed E-state index contributed by atoms with van der Waals surface area (Å²) in [6.45, 7) is 4.75. The van der Waals surface area contributed by atoms with Crippen LogP contribution in [0.4, 0.5) is 5.69 Å². The first-order chi connectivity index (χ1) is 14.9. The lowest BCUT2D eigenvalue weighted by atomic mass is 10.2. The number of rotatable bonds is 9. The van der Waals surface area contributed by atoms with Gasteiger partial charge in [-0.3, -0.25) is 4.79 Å². The van der Waals surface area contributed by atoms with Gasteiger partial charge < -0.3 is 10.1 Å². The Bertz CT molecular complexity index is 1190. The van der Waals surface area contributed by atoms with Gasteiger partial charge in [-0.25, -0.2) is 31.1 Å². The molecule has 1 amide bonds. The molecule has 174 valence electrons. The monoisotopic (exact) mass is 483 g/mol. The number of sulfonamides is 2. The molecule has 0 radical (unpaired) electrons. The number of ether oxygens (including phenoxy) is 1. The van der Waals surface area contributed by atoms with Crippen LogP contribution >= 0.6 is 0 Å². The molecule has 0 aromatic heterocycles. The average Bonchev–Trinajstić information content (AvgIpc) is 2.73. The van der Waals surface area contributed by atoms with Crippen LogP contribution in [0.1, 0.15) is 31.1 Å². The maximum atomic E-state index is 12.4. The van der Waals surface area contributed by atoms with E-state index in [1.165, 1.54) is 56.4 Å². The molecule has 0 aliphatic carbocycles. The average molecular weight is 484 g/mol. The molecule has 0 heterocycles. The maximum absolute atomic E-state index is 12.4. The summed E-state index contributed by atoms with van der Waals surface area (Å²) in [6.07, 6.45) is -1.20. The molecule has 0 spiro atoms. The van der Waals surface area contributed by atoms with Crippen LogP contribution in [0.3, 0.4) is 0 Å². The Morgan fingerprint density at radius 3 is 2.06 bits per heavy atom. The summed E-state index contributed by atoms with van der Waals surface area (Å²) in [6, 6.07) is 10.4. The zero-order valence-corrected chi connectivity index (χ0v) is 19.6. The zero-order chi connectivity index (χ0) is 24.1. The molecule has 0 fully saturated rings. The van der Waals surface area contributed by atoms with Crippen LogP contribution in [0.25, 0.3) is 0 Å². The van der Waals surface area contributed by atoms with Crippen LogP contribution < -0.4 is 14.8 Å². The van der Waals surface area contributed by atoms with Crippen molar-refractivity contribution in [1.82, 2.24) is 9.44 Å². The van der Waals surface area contributed by atoms with Crippen molar-refractivity contribution in [2.75, 3.05) is 12.4 Å². The Kier molecular flexibility index (Phi) is 8.13. The van der Waals surface area contributed by atoms with Crippen LogP contribution in [-0.2, 0) is 29.6 Å². The third kappa shape index (κ3) is 6.60. The summed E-state index contributed by atoms with van der Waals surface area (Å²) in [5.74, 6) is -1.52. The molecule has 12 heteroatoms. The summed E-state index contributed by atoms with van der Waals surface area (Å²) in [7, 11) is -6.16. The highest BCUT2D eigenvalue weighted by Crippen LogP contribution is 2.16. The fourth-order valence-electron chi connectivity index (χ4n) is 2.53. The van der Waals surface area contributed by atoms with Gasteiger partial charge in [0.1, 0.15) is 0 Å². The third-order valence-corrected chi connectivity index (χ3v) is 7.21. The molecule has 10 nitrogen and oxygen atoms in total. The highest BCUT2D eigenvalue weighted by molar-refractivity contribution is 7.89. The van der Waals surface area contributed by atoms with E-state index in [-0.39, 0.29) is 21.4 Å². The number of nitrogens with one attached hydrogen (secondary N) is 3. The van der Waals surface area contributed by atoms with Crippen molar-refractivity contribution < 1.29 is 31.2 Å². The molecular weight excluding hydrogens is 458 g/mol. The predicted octanol–water partition coefficient (Wildman–Crippen LogP) is 1.47. The van der Waals surface area contributed by atoms with E-state index in [9.17, 15) is 26.4 Å². The highest BCUT2D eigenvalue weighted by Gasteiger charge is 2.21. The number of anilines is 1. The van der Waals surface area contributed by atoms with Crippen molar-refractivity contribution in [1.29, 1.82) is 0 Å². The highest BCUT2D eigenvalue weighted by atomic mass is 32.2. The molecule has 32 heavy (non-hydrogen) atoms. The minimum atomic E-state index is -3.75. The number of amides is 1. The SMILES string of the molecule is CNS(=O)(=O)c1cccc(C(=O)OC(C)C(=O)Nc2ccc(S(=O)(=O)NC(C)C)cc2)c1. The zero-order valence-electron chi connectivity index (χ0n) is 17.9. The van der Waals surface area contributed by atoms with Gasteiger partial charge in [-0.15, -0.1) is 0 Å². The van der Waals surface area contributed by atoms with Crippen molar-refractivity contribution in [2.45, 2.75) is 42.7 Å². The molecular formula is C20H25N3O7S2. The molecule has 0 aliphatic rings. The molecule has 0 aliphatic heterocycles. The summed E-state index contributed by atoms with van der Waals surface area (Å²) >= 11 is 0. The Balaban J connectivity index is 2.04. The number of carbonyl (C=O) groups is 2. The predicted molar refractivity (Wildman–Crippen MR) is 118 cm³/mol. The summed E-state index contributed by atoms with van der Waals surface area (Å²) in [5, 5.41) is 2.53. The number of hydrogen-bond acceptors (Lipinski definition) is 7. The van der Waals surface area contributed by atoms with Crippen LogP contribution in [0.15, 0.2) is 58.3 Å². The number of hydrogen-bond donors (Lipinski definition) is 3. The van der Waals surface area contributed by atoms with Gasteiger partial charge in [0.2, 0.25) is 20.0 Å². The fraction of sp³-hybridized carbons (Fsp3) is 0.300. The van der Waals surface area contributed by atoms with E-state index in [1.54, 1.807) is 13.8 Å². The van der Waals surface area contributed by atoms with E-state index in [0.29, 0.717) is 5.69 Å². The minimum Gasteiger partial charge on any atom is -0.449 e. The first-order valence-corrected chi connectivity index (χ1v) is 12.5.